The van der Waals surface area contributed by atoms with Gasteiger partial charge in [-0.3, -0.25) is 20.2 Å². The van der Waals surface area contributed by atoms with Gasteiger partial charge in [-0.1, -0.05) is 0 Å². The second-order valence-electron chi connectivity index (χ2n) is 5.83. The number of hydrogen-bond acceptors (Lipinski definition) is 10. The Kier molecular flexibility index (Phi) is 8.61. The van der Waals surface area contributed by atoms with Crippen molar-refractivity contribution in [2.45, 2.75) is 42.5 Å². The molecule has 1 saturated carbocycles. The molecule has 146 valence electrons. The number of carboxylic acids is 2. The minimum Gasteiger partial charge on any atom is -0.480 e. The third-order valence-electron chi connectivity index (χ3n) is 4.05. The van der Waals surface area contributed by atoms with E-state index >= 15 is 0 Å². The van der Waals surface area contributed by atoms with Crippen LogP contribution < -0.4 is 16.0 Å². The summed E-state index contributed by atoms with van der Waals surface area (Å²) in [6.45, 7) is -2.18. The fourth-order valence-electron chi connectivity index (χ4n) is 2.80. The number of aliphatic carboxylic acids is 2. The number of aliphatic hydroxyl groups excluding tert-OH is 5. The Balaban J connectivity index is 2.99. The van der Waals surface area contributed by atoms with Gasteiger partial charge in [0.25, 0.3) is 0 Å². The summed E-state index contributed by atoms with van der Waals surface area (Å²) in [5.74, 6) is -2.48. The van der Waals surface area contributed by atoms with Crippen LogP contribution in [-0.2, 0) is 9.59 Å². The molecule has 1 rings (SSSR count). The molecule has 10 N–H and O–H groups in total. The summed E-state index contributed by atoms with van der Waals surface area (Å²) < 4.78 is 0. The van der Waals surface area contributed by atoms with Crippen molar-refractivity contribution >= 4 is 11.9 Å². The maximum atomic E-state index is 10.7. The lowest BCUT2D eigenvalue weighted by Gasteiger charge is -2.47. The van der Waals surface area contributed by atoms with Crippen molar-refractivity contribution in [3.05, 3.63) is 0 Å². The average Bonchev–Trinajstić information content (AvgIpc) is 2.54. The minimum atomic E-state index is -1.50. The van der Waals surface area contributed by atoms with Crippen LogP contribution >= 0.6 is 0 Å². The highest BCUT2D eigenvalue weighted by molar-refractivity contribution is 5.69. The maximum absolute atomic E-state index is 10.7. The summed E-state index contributed by atoms with van der Waals surface area (Å²) >= 11 is 0. The van der Waals surface area contributed by atoms with E-state index in [9.17, 15) is 24.9 Å². The second-order valence-corrected chi connectivity index (χ2v) is 5.83. The van der Waals surface area contributed by atoms with Crippen LogP contribution in [0.25, 0.3) is 0 Å². The fraction of sp³-hybridized carbons (Fsp3) is 0.846. The third-order valence-corrected chi connectivity index (χ3v) is 4.05. The van der Waals surface area contributed by atoms with E-state index in [2.05, 4.69) is 16.0 Å². The zero-order valence-corrected chi connectivity index (χ0v) is 13.3. The lowest BCUT2D eigenvalue weighted by molar-refractivity contribution is -0.138. The highest BCUT2D eigenvalue weighted by Gasteiger charge is 2.49. The van der Waals surface area contributed by atoms with Gasteiger partial charge in [-0.05, 0) is 0 Å². The SMILES string of the molecule is O=C(O)CNC1C(O)C(NCC(=O)O)C(O)C(NC(CO)CO)C1O. The Morgan fingerprint density at radius 2 is 1.12 bits per heavy atom. The smallest absolute Gasteiger partial charge is 0.317 e. The molecule has 0 aromatic heterocycles. The molecule has 12 heteroatoms. The Morgan fingerprint density at radius 1 is 0.760 bits per heavy atom. The van der Waals surface area contributed by atoms with Crippen LogP contribution in [0.5, 0.6) is 0 Å². The van der Waals surface area contributed by atoms with Crippen LogP contribution in [0.4, 0.5) is 0 Å². The van der Waals surface area contributed by atoms with Crippen molar-refractivity contribution in [2.24, 2.45) is 0 Å². The highest BCUT2D eigenvalue weighted by atomic mass is 16.4. The first-order valence-electron chi connectivity index (χ1n) is 7.65. The molecule has 0 aromatic carbocycles. The molecule has 1 aliphatic rings. The van der Waals surface area contributed by atoms with Gasteiger partial charge in [-0.15, -0.1) is 0 Å². The quantitative estimate of drug-likeness (QED) is 0.175. The molecule has 25 heavy (non-hydrogen) atoms. The lowest BCUT2D eigenvalue weighted by atomic mass is 9.79. The molecular formula is C13H25N3O9. The predicted octanol–water partition coefficient (Wildman–Crippen LogP) is -5.52. The lowest BCUT2D eigenvalue weighted by Crippen LogP contribution is -2.75. The number of carboxylic acid groups (broad SMARTS) is 2. The molecule has 0 heterocycles. The van der Waals surface area contributed by atoms with E-state index in [4.69, 9.17) is 20.4 Å². The van der Waals surface area contributed by atoms with E-state index in [0.717, 1.165) is 0 Å². The normalized spacial score (nSPS) is 32.7. The molecule has 0 saturated heterocycles. The summed E-state index contributed by atoms with van der Waals surface area (Å²) in [7, 11) is 0. The van der Waals surface area contributed by atoms with Gasteiger partial charge in [-0.2, -0.15) is 0 Å². The Hall–Kier alpha value is -1.38. The van der Waals surface area contributed by atoms with Gasteiger partial charge in [-0.25, -0.2) is 0 Å². The van der Waals surface area contributed by atoms with Gasteiger partial charge in [0, 0.05) is 0 Å². The highest BCUT2D eigenvalue weighted by Crippen LogP contribution is 2.22. The van der Waals surface area contributed by atoms with Crippen LogP contribution in [-0.4, -0.2) is 116 Å². The van der Waals surface area contributed by atoms with Crippen LogP contribution in [0, 0.1) is 0 Å². The van der Waals surface area contributed by atoms with Gasteiger partial charge in [0.1, 0.15) is 0 Å². The second kappa shape index (κ2) is 9.94. The summed E-state index contributed by atoms with van der Waals surface area (Å²) in [5, 5.41) is 74.3. The Bertz CT molecular complexity index is 416. The van der Waals surface area contributed by atoms with Crippen molar-refractivity contribution in [3.8, 4) is 0 Å². The summed E-state index contributed by atoms with van der Waals surface area (Å²) in [5.41, 5.74) is 0. The van der Waals surface area contributed by atoms with Crippen LogP contribution in [0.3, 0.4) is 0 Å². The van der Waals surface area contributed by atoms with Crippen LogP contribution in [0.2, 0.25) is 0 Å². The first kappa shape index (κ1) is 21.7. The van der Waals surface area contributed by atoms with Gasteiger partial charge in [0.2, 0.25) is 0 Å². The molecule has 0 amide bonds. The van der Waals surface area contributed by atoms with Crippen LogP contribution in [0.1, 0.15) is 0 Å². The molecule has 0 aromatic rings. The molecule has 4 atom stereocenters. The zero-order valence-electron chi connectivity index (χ0n) is 13.3. The van der Waals surface area contributed by atoms with Gasteiger partial charge in [0.15, 0.2) is 0 Å². The maximum Gasteiger partial charge on any atom is 0.317 e. The first-order chi connectivity index (χ1) is 11.7. The average molecular weight is 367 g/mol. The topological polar surface area (TPSA) is 212 Å². The molecule has 4 unspecified atom stereocenters. The molecule has 0 spiro atoms. The molecule has 1 aliphatic carbocycles. The van der Waals surface area contributed by atoms with Gasteiger partial charge < -0.3 is 41.1 Å². The fourth-order valence-corrected chi connectivity index (χ4v) is 2.80. The van der Waals surface area contributed by atoms with Crippen molar-refractivity contribution in [1.29, 1.82) is 0 Å². The van der Waals surface area contributed by atoms with E-state index in [0.29, 0.717) is 0 Å². The molecule has 0 aliphatic heterocycles. The third kappa shape index (κ3) is 5.83. The summed E-state index contributed by atoms with van der Waals surface area (Å²) in [4.78, 5) is 21.4. The molecule has 0 bridgehead atoms. The van der Waals surface area contributed by atoms with E-state index < -0.39 is 80.7 Å². The van der Waals surface area contributed by atoms with E-state index in [1.807, 2.05) is 0 Å². The number of aliphatic hydroxyl groups is 5. The van der Waals surface area contributed by atoms with E-state index in [1.54, 1.807) is 0 Å². The Morgan fingerprint density at radius 3 is 1.44 bits per heavy atom. The first-order valence-corrected chi connectivity index (χ1v) is 7.65. The van der Waals surface area contributed by atoms with Crippen LogP contribution in [0.15, 0.2) is 0 Å². The molecule has 0 radical (unpaired) electrons. The van der Waals surface area contributed by atoms with E-state index in [-0.39, 0.29) is 0 Å². The Labute approximate surface area is 143 Å². The van der Waals surface area contributed by atoms with Crippen molar-refractivity contribution in [1.82, 2.24) is 16.0 Å². The standard InChI is InChI=1S/C13H25N3O9/c17-3-5(4-18)16-10-12(24)8(14-1-6(19)20)11(23)9(13(10)25)15-2-7(21)22/h5,8-18,23-25H,1-4H2,(H,19,20)(H,21,22). The predicted molar refractivity (Wildman–Crippen MR) is 81.8 cm³/mol. The zero-order chi connectivity index (χ0) is 19.1. The van der Waals surface area contributed by atoms with Gasteiger partial charge >= 0.3 is 11.9 Å². The van der Waals surface area contributed by atoms with Crippen molar-refractivity contribution in [2.75, 3.05) is 26.3 Å². The molecular weight excluding hydrogens is 342 g/mol. The molecule has 1 fully saturated rings. The monoisotopic (exact) mass is 367 g/mol. The number of carbonyl (C=O) groups is 2. The largest absolute Gasteiger partial charge is 0.480 e. The van der Waals surface area contributed by atoms with E-state index in [1.165, 1.54) is 0 Å². The number of hydrogen-bond donors (Lipinski definition) is 10. The molecule has 12 nitrogen and oxygen atoms in total. The van der Waals surface area contributed by atoms with Gasteiger partial charge in [0.05, 0.1) is 68.8 Å². The summed E-state index contributed by atoms with van der Waals surface area (Å²) in [6.07, 6.45) is -4.45. The number of nitrogens with one attached hydrogen (secondary N) is 3. The minimum absolute atomic E-state index is 0.505. The van der Waals surface area contributed by atoms with Crippen molar-refractivity contribution in [3.63, 3.8) is 0 Å². The van der Waals surface area contributed by atoms with Crippen molar-refractivity contribution < 1.29 is 45.3 Å². The number of rotatable bonds is 10. The summed E-state index contributed by atoms with van der Waals surface area (Å²) in [6, 6.07) is -4.47.